The van der Waals surface area contributed by atoms with E-state index in [9.17, 15) is 9.59 Å². The van der Waals surface area contributed by atoms with Crippen molar-refractivity contribution in [1.82, 2.24) is 9.80 Å². The Labute approximate surface area is 240 Å². The highest BCUT2D eigenvalue weighted by molar-refractivity contribution is 6.20. The highest BCUT2D eigenvalue weighted by atomic mass is 35.5. The zero-order chi connectivity index (χ0) is 28.4. The molecular weight excluding hydrogens is 543 g/mol. The van der Waals surface area contributed by atoms with E-state index in [1.807, 2.05) is 64.1 Å². The molecule has 0 saturated carbocycles. The standard InChI is InChI=1S/C29H36Cl2N2O6/c1-20(2)26(30)38-28(34)32-15-9-16-33(29(35)39-27(31)21(3)4)19-22-11-5-6-12-23(22)37-25-14-8-7-13-24(25)36-18-10-17-32/h5-8,10-14,18,20-21,26-27H,9,15-17,19H2,1-4H3/b18-10-. The second-order valence-corrected chi connectivity index (χ2v) is 10.7. The fourth-order valence-corrected chi connectivity index (χ4v) is 3.69. The maximum atomic E-state index is 13.2. The van der Waals surface area contributed by atoms with Crippen LogP contribution in [-0.4, -0.2) is 52.7 Å². The number of rotatable bonds is 4. The number of carbonyl (C=O) groups excluding carboxylic acids is 2. The lowest BCUT2D eigenvalue weighted by Crippen LogP contribution is -2.39. The lowest BCUT2D eigenvalue weighted by Gasteiger charge is -2.27. The molecule has 2 unspecified atom stereocenters. The van der Waals surface area contributed by atoms with Crippen LogP contribution in [0.5, 0.6) is 17.2 Å². The van der Waals surface area contributed by atoms with Crippen molar-refractivity contribution in [1.29, 1.82) is 0 Å². The predicted octanol–water partition coefficient (Wildman–Crippen LogP) is 7.59. The van der Waals surface area contributed by atoms with E-state index >= 15 is 0 Å². The molecule has 1 aliphatic heterocycles. The largest absolute Gasteiger partial charge is 0.461 e. The fourth-order valence-electron chi connectivity index (χ4n) is 3.54. The van der Waals surface area contributed by atoms with Crippen molar-refractivity contribution in [3.63, 3.8) is 0 Å². The van der Waals surface area contributed by atoms with Gasteiger partial charge in [-0.05, 0) is 30.7 Å². The molecule has 2 amide bonds. The van der Waals surface area contributed by atoms with Gasteiger partial charge in [-0.25, -0.2) is 9.59 Å². The van der Waals surface area contributed by atoms with E-state index in [0.29, 0.717) is 36.8 Å². The predicted molar refractivity (Wildman–Crippen MR) is 151 cm³/mol. The minimum absolute atomic E-state index is 0.0516. The van der Waals surface area contributed by atoms with Crippen molar-refractivity contribution in [2.24, 2.45) is 11.8 Å². The van der Waals surface area contributed by atoms with Crippen LogP contribution in [0.2, 0.25) is 0 Å². The molecule has 0 aliphatic carbocycles. The van der Waals surface area contributed by atoms with Crippen LogP contribution >= 0.6 is 23.2 Å². The Kier molecular flexibility index (Phi) is 11.6. The molecule has 1 aliphatic rings. The Morgan fingerprint density at radius 3 is 1.97 bits per heavy atom. The van der Waals surface area contributed by atoms with E-state index in [2.05, 4.69) is 0 Å². The summed E-state index contributed by atoms with van der Waals surface area (Å²) in [6, 6.07) is 14.7. The molecule has 2 aromatic carbocycles. The van der Waals surface area contributed by atoms with Crippen molar-refractivity contribution in [2.75, 3.05) is 19.6 Å². The molecule has 8 nitrogen and oxygen atoms in total. The molecule has 0 spiro atoms. The van der Waals surface area contributed by atoms with Crippen molar-refractivity contribution < 1.29 is 28.5 Å². The number of amides is 2. The summed E-state index contributed by atoms with van der Waals surface area (Å²) in [5.74, 6) is 1.45. The van der Waals surface area contributed by atoms with Crippen LogP contribution in [0.1, 0.15) is 39.7 Å². The van der Waals surface area contributed by atoms with Gasteiger partial charge in [-0.1, -0.05) is 81.2 Å². The van der Waals surface area contributed by atoms with E-state index < -0.39 is 23.3 Å². The van der Waals surface area contributed by atoms with Crippen molar-refractivity contribution in [3.8, 4) is 17.2 Å². The van der Waals surface area contributed by atoms with Crippen LogP contribution in [0.25, 0.3) is 0 Å². The van der Waals surface area contributed by atoms with E-state index in [4.69, 9.17) is 42.1 Å². The number of nitrogens with zero attached hydrogens (tertiary/aromatic N) is 2. The summed E-state index contributed by atoms with van der Waals surface area (Å²) in [5.41, 5.74) is -0.778. The number of para-hydroxylation sites is 3. The van der Waals surface area contributed by atoms with E-state index in [0.717, 1.165) is 5.56 Å². The maximum Gasteiger partial charge on any atom is 0.411 e. The molecule has 0 aromatic heterocycles. The Bertz CT molecular complexity index is 1130. The number of alkyl halides is 2. The molecular formula is C29H36Cl2N2O6. The topological polar surface area (TPSA) is 77.5 Å². The second-order valence-electron chi connectivity index (χ2n) is 9.83. The molecule has 0 bridgehead atoms. The number of halogens is 2. The summed E-state index contributed by atoms with van der Waals surface area (Å²) in [4.78, 5) is 29.1. The first kappa shape index (κ1) is 30.4. The van der Waals surface area contributed by atoms with E-state index in [1.165, 1.54) is 11.2 Å². The summed E-state index contributed by atoms with van der Waals surface area (Å²) in [5, 5.41) is 0. The first-order chi connectivity index (χ1) is 18.7. The molecule has 2 aromatic rings. The normalized spacial score (nSPS) is 16.9. The number of benzene rings is 2. The minimum atomic E-state index is -0.780. The summed E-state index contributed by atoms with van der Waals surface area (Å²) < 4.78 is 23.0. The van der Waals surface area contributed by atoms with Crippen LogP contribution in [0, 0.1) is 11.8 Å². The average molecular weight is 580 g/mol. The molecule has 2 atom stereocenters. The van der Waals surface area contributed by atoms with Gasteiger partial charge in [0.25, 0.3) is 0 Å². The van der Waals surface area contributed by atoms with Crippen molar-refractivity contribution >= 4 is 35.4 Å². The lowest BCUT2D eigenvalue weighted by atomic mass is 10.2. The maximum absolute atomic E-state index is 13.2. The number of ether oxygens (including phenoxy) is 4. The molecule has 0 saturated heterocycles. The van der Waals surface area contributed by atoms with E-state index in [-0.39, 0.29) is 24.9 Å². The van der Waals surface area contributed by atoms with Gasteiger partial charge in [0.1, 0.15) is 5.75 Å². The quantitative estimate of drug-likeness (QED) is 0.348. The third-order valence-corrected chi connectivity index (χ3v) is 7.05. The summed E-state index contributed by atoms with van der Waals surface area (Å²) in [6.45, 7) is 8.50. The Hall–Kier alpha value is -3.10. The summed E-state index contributed by atoms with van der Waals surface area (Å²) in [6.07, 6.45) is 2.55. The smallest absolute Gasteiger partial charge is 0.411 e. The molecule has 10 heteroatoms. The lowest BCUT2D eigenvalue weighted by molar-refractivity contribution is 0.0689. The third kappa shape index (κ3) is 9.25. The van der Waals surface area contributed by atoms with Crippen molar-refractivity contribution in [2.45, 2.75) is 51.8 Å². The number of hydrogen-bond donors (Lipinski definition) is 0. The van der Waals surface area contributed by atoms with Gasteiger partial charge in [0.15, 0.2) is 22.6 Å². The summed E-state index contributed by atoms with van der Waals surface area (Å²) >= 11 is 12.5. The molecule has 0 radical (unpaired) electrons. The van der Waals surface area contributed by atoms with Gasteiger partial charge in [-0.2, -0.15) is 0 Å². The van der Waals surface area contributed by atoms with Crippen LogP contribution in [0.15, 0.2) is 60.9 Å². The number of carbonyl (C=O) groups is 2. The summed E-state index contributed by atoms with van der Waals surface area (Å²) in [7, 11) is 0. The van der Waals surface area contributed by atoms with Gasteiger partial charge in [-0.15, -0.1) is 0 Å². The third-order valence-electron chi connectivity index (χ3n) is 5.87. The molecule has 0 fully saturated rings. The van der Waals surface area contributed by atoms with Gasteiger partial charge in [0.2, 0.25) is 0 Å². The number of fused-ring (bicyclic) bond motifs is 2. The second kappa shape index (κ2) is 14.9. The SMILES string of the molecule is CC(C)C(Cl)OC(=O)N1C/C=C\Oc2ccccc2Oc2ccccc2CN(C(=O)OC(Cl)C(C)C)CCC1. The van der Waals surface area contributed by atoms with Gasteiger partial charge in [0, 0.05) is 37.0 Å². The molecule has 3 rings (SSSR count). The fraction of sp³-hybridized carbons (Fsp3) is 0.448. The van der Waals surface area contributed by atoms with Crippen molar-refractivity contribution in [3.05, 3.63) is 66.4 Å². The zero-order valence-electron chi connectivity index (χ0n) is 22.7. The van der Waals surface area contributed by atoms with Gasteiger partial charge < -0.3 is 28.7 Å². The van der Waals surface area contributed by atoms with Gasteiger partial charge in [0.05, 0.1) is 12.8 Å². The molecule has 1 heterocycles. The first-order valence-electron chi connectivity index (χ1n) is 13.0. The highest BCUT2D eigenvalue weighted by Gasteiger charge is 2.24. The Balaban J connectivity index is 1.92. The average Bonchev–Trinajstić information content (AvgIpc) is 2.90. The monoisotopic (exact) mass is 578 g/mol. The minimum Gasteiger partial charge on any atom is -0.461 e. The van der Waals surface area contributed by atoms with Gasteiger partial charge in [-0.3, -0.25) is 0 Å². The van der Waals surface area contributed by atoms with Crippen LogP contribution in [0.3, 0.4) is 0 Å². The first-order valence-corrected chi connectivity index (χ1v) is 13.9. The zero-order valence-corrected chi connectivity index (χ0v) is 24.2. The van der Waals surface area contributed by atoms with E-state index in [1.54, 1.807) is 23.1 Å². The highest BCUT2D eigenvalue weighted by Crippen LogP contribution is 2.34. The molecule has 0 N–H and O–H groups in total. The Morgan fingerprint density at radius 1 is 0.795 bits per heavy atom. The van der Waals surface area contributed by atoms with Gasteiger partial charge >= 0.3 is 12.2 Å². The number of hydrogen-bond acceptors (Lipinski definition) is 6. The van der Waals surface area contributed by atoms with Crippen LogP contribution in [-0.2, 0) is 16.0 Å². The van der Waals surface area contributed by atoms with Crippen LogP contribution < -0.4 is 9.47 Å². The Morgan fingerprint density at radius 2 is 1.33 bits per heavy atom. The molecule has 212 valence electrons. The van der Waals surface area contributed by atoms with Crippen LogP contribution in [0.4, 0.5) is 9.59 Å². The molecule has 39 heavy (non-hydrogen) atoms.